The Morgan fingerprint density at radius 2 is 2.20 bits per heavy atom. The second-order valence-electron chi connectivity index (χ2n) is 2.39. The monoisotopic (exact) mass is 157 g/mol. The highest BCUT2D eigenvalue weighted by Gasteiger charge is 2.01. The minimum Gasteiger partial charge on any atom is -0.306 e. The molecule has 0 aliphatic carbocycles. The van der Waals surface area contributed by atoms with Crippen LogP contribution in [0.4, 0.5) is 0 Å². The molecule has 0 saturated heterocycles. The van der Waals surface area contributed by atoms with Gasteiger partial charge in [0.2, 0.25) is 0 Å². The Morgan fingerprint density at radius 1 is 1.60 bits per heavy atom. The fourth-order valence-electron chi connectivity index (χ4n) is 0.503. The van der Waals surface area contributed by atoms with Gasteiger partial charge in [0.1, 0.15) is 0 Å². The van der Waals surface area contributed by atoms with Crippen LogP contribution in [0.3, 0.4) is 0 Å². The van der Waals surface area contributed by atoms with Crippen LogP contribution < -0.4 is 5.32 Å². The van der Waals surface area contributed by atoms with Gasteiger partial charge in [-0.25, -0.2) is 0 Å². The first-order valence-corrected chi connectivity index (χ1v) is 4.50. The molecule has 0 fully saturated rings. The molecule has 0 aromatic carbocycles. The van der Waals surface area contributed by atoms with Crippen molar-refractivity contribution in [2.45, 2.75) is 25.1 Å². The number of hydrogen-bond acceptors (Lipinski definition) is 2. The summed E-state index contributed by atoms with van der Waals surface area (Å²) in [6.45, 7) is 4.35. The van der Waals surface area contributed by atoms with E-state index >= 15 is 0 Å². The summed E-state index contributed by atoms with van der Waals surface area (Å²) in [4.78, 5) is 0. The second-order valence-corrected chi connectivity index (χ2v) is 4.00. The average molecular weight is 157 g/mol. The van der Waals surface area contributed by atoms with Gasteiger partial charge in [0.05, 0.1) is 6.04 Å². The number of hydrogen-bond donors (Lipinski definition) is 1. The summed E-state index contributed by atoms with van der Waals surface area (Å²) in [5.41, 5.74) is 0. The SMILES string of the molecule is C#CC(CSC(C)C)NC. The van der Waals surface area contributed by atoms with Crippen LogP contribution in [0, 0.1) is 12.3 Å². The Labute approximate surface area is 68.0 Å². The molecule has 0 aliphatic rings. The predicted octanol–water partition coefficient (Wildman–Crippen LogP) is 1.35. The topological polar surface area (TPSA) is 12.0 Å². The molecule has 1 unspecified atom stereocenters. The Kier molecular flexibility index (Phi) is 5.57. The van der Waals surface area contributed by atoms with Crippen molar-refractivity contribution in [2.24, 2.45) is 0 Å². The molecule has 1 atom stereocenters. The lowest BCUT2D eigenvalue weighted by molar-refractivity contribution is 0.758. The molecule has 1 N–H and O–H groups in total. The second kappa shape index (κ2) is 5.64. The van der Waals surface area contributed by atoms with Crippen molar-refractivity contribution in [3.05, 3.63) is 0 Å². The van der Waals surface area contributed by atoms with E-state index in [2.05, 4.69) is 25.1 Å². The Bertz CT molecular complexity index is 115. The van der Waals surface area contributed by atoms with Crippen LogP contribution in [0.25, 0.3) is 0 Å². The summed E-state index contributed by atoms with van der Waals surface area (Å²) in [6, 6.07) is 0.229. The van der Waals surface area contributed by atoms with Gasteiger partial charge in [0, 0.05) is 5.75 Å². The van der Waals surface area contributed by atoms with Crippen LogP contribution >= 0.6 is 11.8 Å². The largest absolute Gasteiger partial charge is 0.306 e. The number of thioether (sulfide) groups is 1. The van der Waals surface area contributed by atoms with Crippen molar-refractivity contribution in [3.63, 3.8) is 0 Å². The lowest BCUT2D eigenvalue weighted by atomic mass is 10.4. The van der Waals surface area contributed by atoms with Crippen molar-refractivity contribution >= 4 is 11.8 Å². The maximum Gasteiger partial charge on any atom is 0.0776 e. The third kappa shape index (κ3) is 4.72. The van der Waals surface area contributed by atoms with Crippen molar-refractivity contribution < 1.29 is 0 Å². The molecule has 0 heterocycles. The van der Waals surface area contributed by atoms with Gasteiger partial charge in [-0.15, -0.1) is 6.42 Å². The maximum atomic E-state index is 5.24. The van der Waals surface area contributed by atoms with Crippen LogP contribution in [-0.4, -0.2) is 24.1 Å². The smallest absolute Gasteiger partial charge is 0.0776 e. The highest BCUT2D eigenvalue weighted by molar-refractivity contribution is 7.99. The molecule has 0 bridgehead atoms. The fourth-order valence-corrected chi connectivity index (χ4v) is 1.34. The van der Waals surface area contributed by atoms with Crippen molar-refractivity contribution in [3.8, 4) is 12.3 Å². The van der Waals surface area contributed by atoms with E-state index in [1.165, 1.54) is 0 Å². The van der Waals surface area contributed by atoms with Gasteiger partial charge in [0.25, 0.3) is 0 Å². The molecule has 0 aromatic heterocycles. The van der Waals surface area contributed by atoms with E-state index in [0.717, 1.165) is 5.75 Å². The summed E-state index contributed by atoms with van der Waals surface area (Å²) in [5.74, 6) is 3.68. The van der Waals surface area contributed by atoms with Gasteiger partial charge < -0.3 is 5.32 Å². The van der Waals surface area contributed by atoms with Gasteiger partial charge in [0.15, 0.2) is 0 Å². The molecule has 0 saturated carbocycles. The molecule has 0 aromatic rings. The Balaban J connectivity index is 3.38. The summed E-state index contributed by atoms with van der Waals surface area (Å²) in [7, 11) is 1.89. The summed E-state index contributed by atoms with van der Waals surface area (Å²) >= 11 is 1.88. The minimum atomic E-state index is 0.229. The van der Waals surface area contributed by atoms with Crippen molar-refractivity contribution in [1.82, 2.24) is 5.32 Å². The number of rotatable bonds is 4. The van der Waals surface area contributed by atoms with E-state index in [1.54, 1.807) is 0 Å². The van der Waals surface area contributed by atoms with Crippen LogP contribution in [0.5, 0.6) is 0 Å². The Morgan fingerprint density at radius 3 is 2.50 bits per heavy atom. The van der Waals surface area contributed by atoms with Crippen molar-refractivity contribution in [1.29, 1.82) is 0 Å². The van der Waals surface area contributed by atoms with Crippen LogP contribution in [0.2, 0.25) is 0 Å². The predicted molar refractivity (Wildman–Crippen MR) is 49.3 cm³/mol. The molecule has 0 spiro atoms. The van der Waals surface area contributed by atoms with Crippen LogP contribution in [-0.2, 0) is 0 Å². The minimum absolute atomic E-state index is 0.229. The molecule has 10 heavy (non-hydrogen) atoms. The molecule has 0 amide bonds. The van der Waals surface area contributed by atoms with Crippen LogP contribution in [0.15, 0.2) is 0 Å². The summed E-state index contributed by atoms with van der Waals surface area (Å²) in [5, 5.41) is 3.72. The van der Waals surface area contributed by atoms with E-state index in [0.29, 0.717) is 5.25 Å². The first-order chi connectivity index (χ1) is 4.70. The van der Waals surface area contributed by atoms with E-state index in [9.17, 15) is 0 Å². The van der Waals surface area contributed by atoms with Gasteiger partial charge in [-0.3, -0.25) is 0 Å². The summed E-state index contributed by atoms with van der Waals surface area (Å²) < 4.78 is 0. The average Bonchev–Trinajstić information content (AvgIpc) is 1.90. The third-order valence-corrected chi connectivity index (χ3v) is 2.34. The van der Waals surface area contributed by atoms with Gasteiger partial charge in [-0.2, -0.15) is 11.8 Å². The molecular formula is C8H15NS. The zero-order chi connectivity index (χ0) is 7.98. The first kappa shape index (κ1) is 9.87. The van der Waals surface area contributed by atoms with E-state index < -0.39 is 0 Å². The molecular weight excluding hydrogens is 142 g/mol. The maximum absolute atomic E-state index is 5.24. The fraction of sp³-hybridized carbons (Fsp3) is 0.750. The molecule has 2 heteroatoms. The van der Waals surface area contributed by atoms with Gasteiger partial charge in [-0.05, 0) is 12.3 Å². The van der Waals surface area contributed by atoms with E-state index in [4.69, 9.17) is 6.42 Å². The highest BCUT2D eigenvalue weighted by Crippen LogP contribution is 2.09. The summed E-state index contributed by atoms with van der Waals surface area (Å²) in [6.07, 6.45) is 5.24. The zero-order valence-corrected chi connectivity index (χ0v) is 7.66. The number of nitrogens with one attached hydrogen (secondary N) is 1. The molecule has 0 aliphatic heterocycles. The lowest BCUT2D eigenvalue weighted by Crippen LogP contribution is -2.26. The van der Waals surface area contributed by atoms with Crippen LogP contribution in [0.1, 0.15) is 13.8 Å². The molecule has 0 radical (unpaired) electrons. The molecule has 58 valence electrons. The lowest BCUT2D eigenvalue weighted by Gasteiger charge is -2.09. The van der Waals surface area contributed by atoms with Crippen molar-refractivity contribution in [2.75, 3.05) is 12.8 Å². The van der Waals surface area contributed by atoms with Gasteiger partial charge in [-0.1, -0.05) is 19.8 Å². The third-order valence-electron chi connectivity index (χ3n) is 1.15. The highest BCUT2D eigenvalue weighted by atomic mass is 32.2. The quantitative estimate of drug-likeness (QED) is 0.618. The van der Waals surface area contributed by atoms with Gasteiger partial charge >= 0.3 is 0 Å². The number of terminal acetylenes is 1. The standard InChI is InChI=1S/C8H15NS/c1-5-8(9-4)6-10-7(2)3/h1,7-9H,6H2,2-4H3. The van der Waals surface area contributed by atoms with E-state index in [1.807, 2.05) is 18.8 Å². The zero-order valence-electron chi connectivity index (χ0n) is 6.85. The van der Waals surface area contributed by atoms with E-state index in [-0.39, 0.29) is 6.04 Å². The molecule has 1 nitrogen and oxygen atoms in total. The Hall–Kier alpha value is -0.130. The normalized spacial score (nSPS) is 13.1. The molecule has 0 rings (SSSR count). The first-order valence-electron chi connectivity index (χ1n) is 3.45.